The lowest BCUT2D eigenvalue weighted by molar-refractivity contribution is -0.149. The van der Waals surface area contributed by atoms with Crippen LogP contribution in [0.25, 0.3) is 0 Å². The van der Waals surface area contributed by atoms with Gasteiger partial charge in [-0.3, -0.25) is 9.59 Å². The first-order chi connectivity index (χ1) is 13.8. The van der Waals surface area contributed by atoms with Crippen LogP contribution in [-0.4, -0.2) is 11.8 Å². The molecule has 3 rings (SSSR count). The molecule has 2 aromatic rings. The van der Waals surface area contributed by atoms with Gasteiger partial charge in [0, 0.05) is 16.7 Å². The van der Waals surface area contributed by atoms with Crippen molar-refractivity contribution in [2.75, 3.05) is 0 Å². The molecule has 29 heavy (non-hydrogen) atoms. The van der Waals surface area contributed by atoms with Gasteiger partial charge in [0.25, 0.3) is 0 Å². The van der Waals surface area contributed by atoms with Gasteiger partial charge in [-0.05, 0) is 23.5 Å². The minimum absolute atomic E-state index is 0.0994. The molecule has 0 aliphatic heterocycles. The lowest BCUT2D eigenvalue weighted by Crippen LogP contribution is -2.15. The van der Waals surface area contributed by atoms with E-state index in [4.69, 9.17) is 27.9 Å². The van der Waals surface area contributed by atoms with Crippen LogP contribution >= 0.6 is 23.2 Å². The predicted octanol–water partition coefficient (Wildman–Crippen LogP) is 5.62. The number of rotatable bonds is 6. The maximum atomic E-state index is 12.7. The largest absolute Gasteiger partial charge is 0.442 e. The lowest BCUT2D eigenvalue weighted by Gasteiger charge is -2.13. The quantitative estimate of drug-likeness (QED) is 0.443. The smallest absolute Gasteiger partial charge is 0.311 e. The van der Waals surface area contributed by atoms with Gasteiger partial charge in [-0.2, -0.15) is 5.26 Å². The second-order valence-corrected chi connectivity index (χ2v) is 8.56. The van der Waals surface area contributed by atoms with Crippen LogP contribution in [0.15, 0.2) is 65.2 Å². The van der Waals surface area contributed by atoms with Crippen LogP contribution in [0.2, 0.25) is 0 Å². The predicted molar refractivity (Wildman–Crippen MR) is 111 cm³/mol. The summed E-state index contributed by atoms with van der Waals surface area (Å²) in [5.74, 6) is -1.23. The third kappa shape index (κ3) is 4.53. The average molecular weight is 428 g/mol. The van der Waals surface area contributed by atoms with Crippen LogP contribution in [0.3, 0.4) is 0 Å². The van der Waals surface area contributed by atoms with Gasteiger partial charge in [-0.15, -0.1) is 0 Å². The number of allylic oxidation sites excluding steroid dienone is 1. The number of benzene rings is 2. The average Bonchev–Trinajstić information content (AvgIpc) is 3.25. The molecule has 0 saturated heterocycles. The number of hydrogen-bond acceptors (Lipinski definition) is 4. The third-order valence-electron chi connectivity index (χ3n) is 5.31. The number of carbonyl (C=O) groups excluding carboxylic acids is 2. The SMILES string of the molecule is CC1(C)[C@H](C=C(Cl)Cl)[C@H]1C(=O)O[C@@H](C#N)c1cccc(C(=O)c2ccccc2)c1. The fraction of sp³-hybridized carbons (Fsp3) is 0.261. The van der Waals surface area contributed by atoms with Gasteiger partial charge in [0.2, 0.25) is 6.10 Å². The highest BCUT2D eigenvalue weighted by molar-refractivity contribution is 6.55. The van der Waals surface area contributed by atoms with Crippen LogP contribution < -0.4 is 0 Å². The Bertz CT molecular complexity index is 1000. The maximum absolute atomic E-state index is 12.7. The first-order valence-corrected chi connectivity index (χ1v) is 9.84. The van der Waals surface area contributed by atoms with Crippen molar-refractivity contribution >= 4 is 35.0 Å². The Labute approximate surface area is 179 Å². The van der Waals surface area contributed by atoms with Crippen LogP contribution in [0, 0.1) is 28.6 Å². The standard InChI is InChI=1S/C23H19Cl2NO3/c1-23(2)17(12-19(24)25)20(23)22(28)29-18(13-26)15-9-6-10-16(11-15)21(27)14-7-4-3-5-8-14/h3-12,17-18,20H,1-2H3/t17-,18+,20+/m1/s1. The van der Waals surface area contributed by atoms with E-state index in [2.05, 4.69) is 0 Å². The van der Waals surface area contributed by atoms with E-state index >= 15 is 0 Å². The molecule has 0 unspecified atom stereocenters. The Morgan fingerprint density at radius 2 is 1.76 bits per heavy atom. The molecule has 0 amide bonds. The summed E-state index contributed by atoms with van der Waals surface area (Å²) in [4.78, 5) is 25.3. The molecule has 2 aromatic carbocycles. The fourth-order valence-electron chi connectivity index (χ4n) is 3.53. The van der Waals surface area contributed by atoms with E-state index in [9.17, 15) is 14.9 Å². The van der Waals surface area contributed by atoms with Crippen LogP contribution in [-0.2, 0) is 9.53 Å². The molecular formula is C23H19Cl2NO3. The third-order valence-corrected chi connectivity index (χ3v) is 5.56. The van der Waals surface area contributed by atoms with Crippen LogP contribution in [0.4, 0.5) is 0 Å². The second-order valence-electron chi connectivity index (χ2n) is 7.55. The summed E-state index contributed by atoms with van der Waals surface area (Å²) in [6.45, 7) is 3.83. The molecule has 1 aliphatic carbocycles. The van der Waals surface area contributed by atoms with E-state index in [-0.39, 0.29) is 21.6 Å². The van der Waals surface area contributed by atoms with Gasteiger partial charge in [0.15, 0.2) is 5.78 Å². The van der Waals surface area contributed by atoms with E-state index in [1.165, 1.54) is 0 Å². The number of esters is 1. The van der Waals surface area contributed by atoms with Crippen molar-refractivity contribution in [3.05, 3.63) is 81.9 Å². The van der Waals surface area contributed by atoms with Gasteiger partial charge < -0.3 is 4.74 Å². The minimum Gasteiger partial charge on any atom is -0.442 e. The first-order valence-electron chi connectivity index (χ1n) is 9.08. The lowest BCUT2D eigenvalue weighted by atomic mass is 9.99. The summed E-state index contributed by atoms with van der Waals surface area (Å²) in [5, 5.41) is 9.55. The van der Waals surface area contributed by atoms with Crippen molar-refractivity contribution < 1.29 is 14.3 Å². The Balaban J connectivity index is 1.78. The summed E-state index contributed by atoms with van der Waals surface area (Å²) >= 11 is 11.5. The van der Waals surface area contributed by atoms with E-state index in [1.54, 1.807) is 54.6 Å². The molecule has 1 aliphatic rings. The van der Waals surface area contributed by atoms with Crippen molar-refractivity contribution in [3.8, 4) is 6.07 Å². The van der Waals surface area contributed by atoms with E-state index < -0.39 is 18.0 Å². The molecule has 148 valence electrons. The molecular weight excluding hydrogens is 409 g/mol. The van der Waals surface area contributed by atoms with Gasteiger partial charge in [0.1, 0.15) is 10.6 Å². The number of carbonyl (C=O) groups is 2. The number of ether oxygens (including phenoxy) is 1. The molecule has 1 fully saturated rings. The number of nitrogens with zero attached hydrogens (tertiary/aromatic N) is 1. The number of nitriles is 1. The second kappa shape index (κ2) is 8.41. The first kappa shape index (κ1) is 21.1. The van der Waals surface area contributed by atoms with Crippen molar-refractivity contribution in [1.82, 2.24) is 0 Å². The van der Waals surface area contributed by atoms with E-state index in [0.717, 1.165) is 0 Å². The number of ketones is 1. The van der Waals surface area contributed by atoms with Crippen molar-refractivity contribution in [3.63, 3.8) is 0 Å². The molecule has 0 bridgehead atoms. The molecule has 0 N–H and O–H groups in total. The van der Waals surface area contributed by atoms with Gasteiger partial charge in [-0.1, -0.05) is 85.6 Å². The maximum Gasteiger partial charge on any atom is 0.311 e. The molecule has 0 heterocycles. The highest BCUT2D eigenvalue weighted by Gasteiger charge is 2.62. The Kier molecular flexibility index (Phi) is 6.12. The molecule has 3 atom stereocenters. The van der Waals surface area contributed by atoms with Crippen LogP contribution in [0.5, 0.6) is 0 Å². The molecule has 0 aromatic heterocycles. The van der Waals surface area contributed by atoms with E-state index in [1.807, 2.05) is 26.0 Å². The summed E-state index contributed by atoms with van der Waals surface area (Å²) in [5.41, 5.74) is 1.06. The monoisotopic (exact) mass is 427 g/mol. The highest BCUT2D eigenvalue weighted by atomic mass is 35.5. The topological polar surface area (TPSA) is 67.2 Å². The Hall–Kier alpha value is -2.61. The van der Waals surface area contributed by atoms with Crippen molar-refractivity contribution in [1.29, 1.82) is 5.26 Å². The van der Waals surface area contributed by atoms with Gasteiger partial charge in [0.05, 0.1) is 5.92 Å². The zero-order chi connectivity index (χ0) is 21.2. The highest BCUT2D eigenvalue weighted by Crippen LogP contribution is 2.60. The molecule has 1 saturated carbocycles. The Morgan fingerprint density at radius 1 is 1.10 bits per heavy atom. The summed E-state index contributed by atoms with van der Waals surface area (Å²) < 4.78 is 5.57. The van der Waals surface area contributed by atoms with Crippen LogP contribution in [0.1, 0.15) is 41.4 Å². The van der Waals surface area contributed by atoms with Gasteiger partial charge >= 0.3 is 5.97 Å². The molecule has 0 radical (unpaired) electrons. The fourth-order valence-corrected chi connectivity index (χ4v) is 3.80. The normalized spacial score (nSPS) is 20.1. The molecule has 6 heteroatoms. The number of halogens is 2. The summed E-state index contributed by atoms with van der Waals surface area (Å²) in [7, 11) is 0. The molecule has 0 spiro atoms. The van der Waals surface area contributed by atoms with Crippen molar-refractivity contribution in [2.45, 2.75) is 20.0 Å². The Morgan fingerprint density at radius 3 is 2.38 bits per heavy atom. The van der Waals surface area contributed by atoms with E-state index in [0.29, 0.717) is 16.7 Å². The zero-order valence-corrected chi connectivity index (χ0v) is 17.4. The summed E-state index contributed by atoms with van der Waals surface area (Å²) in [6, 6.07) is 17.4. The zero-order valence-electron chi connectivity index (χ0n) is 15.9. The van der Waals surface area contributed by atoms with Crippen molar-refractivity contribution in [2.24, 2.45) is 17.3 Å². The van der Waals surface area contributed by atoms with Gasteiger partial charge in [-0.25, -0.2) is 0 Å². The summed E-state index contributed by atoms with van der Waals surface area (Å²) in [6.07, 6.45) is 0.508. The minimum atomic E-state index is -1.11. The molecule has 4 nitrogen and oxygen atoms in total. The number of hydrogen-bond donors (Lipinski definition) is 0.